The molecule has 0 aliphatic rings. The lowest BCUT2D eigenvalue weighted by Crippen LogP contribution is -1.89. The Balaban J connectivity index is 2.42. The molecule has 2 heteroatoms. The van der Waals surface area contributed by atoms with Crippen molar-refractivity contribution in [3.8, 4) is 0 Å². The first-order valence-electron chi connectivity index (χ1n) is 5.50. The van der Waals surface area contributed by atoms with E-state index in [2.05, 4.69) is 44.1 Å². The van der Waals surface area contributed by atoms with Crippen LogP contribution in [-0.4, -0.2) is 18.2 Å². The standard InChI is InChI=1S/C12H17.BrH.Mg/c1-3-5-6-12-9-7-11(4-2)8-10-12;;/h7-10H,2-6H2,1H3;1H;/q;;+1/p-1. The van der Waals surface area contributed by atoms with Gasteiger partial charge in [-0.25, -0.2) is 0 Å². The van der Waals surface area contributed by atoms with Gasteiger partial charge in [0.25, 0.3) is 0 Å². The van der Waals surface area contributed by atoms with Gasteiger partial charge in [0.15, 0.2) is 0 Å². The first-order valence-corrected chi connectivity index (χ1v) is 10.4. The Hall–Kier alpha value is 0.466. The Morgan fingerprint density at radius 3 is 2.14 bits per heavy atom. The highest BCUT2D eigenvalue weighted by atomic mass is 79.9. The third-order valence-electron chi connectivity index (χ3n) is 2.44. The van der Waals surface area contributed by atoms with E-state index < -0.39 is 0 Å². The van der Waals surface area contributed by atoms with E-state index in [1.54, 1.807) is 0 Å². The van der Waals surface area contributed by atoms with Crippen LogP contribution in [0.4, 0.5) is 0 Å². The Morgan fingerprint density at radius 1 is 1.07 bits per heavy atom. The van der Waals surface area contributed by atoms with Crippen LogP contribution in [-0.2, 0) is 12.8 Å². The van der Waals surface area contributed by atoms with Gasteiger partial charge in [0, 0.05) is 0 Å². The van der Waals surface area contributed by atoms with E-state index in [9.17, 15) is 0 Å². The minimum Gasteiger partial charge on any atom is -0.307 e. The van der Waals surface area contributed by atoms with Crippen molar-refractivity contribution >= 4 is 31.1 Å². The fourth-order valence-corrected chi connectivity index (χ4v) is 2.91. The first kappa shape index (κ1) is 12.5. The molecular formula is C12H17BrMg. The van der Waals surface area contributed by atoms with Crippen molar-refractivity contribution in [2.75, 3.05) is 0 Å². The minimum atomic E-state index is 0.0597. The molecule has 0 saturated heterocycles. The van der Waals surface area contributed by atoms with Gasteiger partial charge in [-0.3, -0.25) is 0 Å². The Kier molecular flexibility index (Phi) is 6.91. The van der Waals surface area contributed by atoms with Crippen molar-refractivity contribution in [2.45, 2.75) is 37.2 Å². The highest BCUT2D eigenvalue weighted by Gasteiger charge is 1.96. The van der Waals surface area contributed by atoms with Crippen LogP contribution in [0.3, 0.4) is 0 Å². The Labute approximate surface area is 103 Å². The largest absolute Gasteiger partial charge is 0.468 e. The van der Waals surface area contributed by atoms with Gasteiger partial charge < -0.3 is 12.9 Å². The number of hydrogen-bond acceptors (Lipinski definition) is 0. The lowest BCUT2D eigenvalue weighted by molar-refractivity contribution is 0.794. The van der Waals surface area contributed by atoms with Crippen LogP contribution in [0.5, 0.6) is 0 Å². The van der Waals surface area contributed by atoms with E-state index in [-0.39, 0.29) is 18.2 Å². The molecule has 0 radical (unpaired) electrons. The van der Waals surface area contributed by atoms with Crippen LogP contribution in [0.2, 0.25) is 4.55 Å². The van der Waals surface area contributed by atoms with Crippen LogP contribution in [0.1, 0.15) is 30.9 Å². The number of unbranched alkanes of at least 4 members (excludes halogenated alkanes) is 1. The summed E-state index contributed by atoms with van der Waals surface area (Å²) in [5.74, 6) is 0. The van der Waals surface area contributed by atoms with Crippen molar-refractivity contribution in [1.82, 2.24) is 0 Å². The second-order valence-corrected chi connectivity index (χ2v) is 7.18. The smallest absolute Gasteiger partial charge is 0.307 e. The predicted molar refractivity (Wildman–Crippen MR) is 68.2 cm³/mol. The van der Waals surface area contributed by atoms with Gasteiger partial charge in [-0.1, -0.05) is 43.2 Å². The van der Waals surface area contributed by atoms with Crippen molar-refractivity contribution in [3.63, 3.8) is 0 Å². The molecule has 0 spiro atoms. The van der Waals surface area contributed by atoms with Crippen molar-refractivity contribution in [1.29, 1.82) is 0 Å². The van der Waals surface area contributed by atoms with Gasteiger partial charge >= 0.3 is 18.2 Å². The lowest BCUT2D eigenvalue weighted by Gasteiger charge is -2.02. The lowest BCUT2D eigenvalue weighted by atomic mass is 10.1. The maximum Gasteiger partial charge on any atom is 0.468 e. The van der Waals surface area contributed by atoms with Gasteiger partial charge in [0.2, 0.25) is 0 Å². The number of hydrogen-bond donors (Lipinski definition) is 0. The van der Waals surface area contributed by atoms with E-state index in [4.69, 9.17) is 0 Å². The van der Waals surface area contributed by atoms with Crippen LogP contribution in [0, 0.1) is 0 Å². The van der Waals surface area contributed by atoms with Gasteiger partial charge in [0.05, 0.1) is 0 Å². The number of aryl methyl sites for hydroxylation is 2. The molecule has 0 heterocycles. The van der Waals surface area contributed by atoms with E-state index in [1.165, 1.54) is 41.4 Å². The summed E-state index contributed by atoms with van der Waals surface area (Å²) >= 11 is 3.65. The summed E-state index contributed by atoms with van der Waals surface area (Å²) in [5.41, 5.74) is 2.99. The number of halogens is 1. The molecule has 1 aromatic rings. The second kappa shape index (κ2) is 7.72. The third kappa shape index (κ3) is 4.81. The van der Waals surface area contributed by atoms with Crippen LogP contribution in [0.25, 0.3) is 0 Å². The molecule has 0 amide bonds. The molecule has 0 aromatic heterocycles. The molecule has 0 saturated carbocycles. The summed E-state index contributed by atoms with van der Waals surface area (Å²) in [4.78, 5) is 0. The second-order valence-electron chi connectivity index (χ2n) is 3.71. The summed E-state index contributed by atoms with van der Waals surface area (Å²) in [5, 5.41) is 0. The Bertz CT molecular complexity index is 216. The zero-order valence-electron chi connectivity index (χ0n) is 8.93. The molecule has 74 valence electrons. The summed E-state index contributed by atoms with van der Waals surface area (Å²) in [6.45, 7) is 2.25. The maximum atomic E-state index is 3.59. The first-order chi connectivity index (χ1) is 6.86. The van der Waals surface area contributed by atoms with Crippen molar-refractivity contribution in [3.05, 3.63) is 35.4 Å². The molecule has 14 heavy (non-hydrogen) atoms. The summed E-state index contributed by atoms with van der Waals surface area (Å²) in [6.07, 6.45) is 5.10. The molecule has 1 rings (SSSR count). The molecule has 0 aliphatic carbocycles. The number of rotatable bonds is 6. The molecule has 0 N–H and O–H groups in total. The van der Waals surface area contributed by atoms with E-state index in [0.29, 0.717) is 0 Å². The van der Waals surface area contributed by atoms with Gasteiger partial charge in [-0.05, 0) is 24.8 Å². The third-order valence-corrected chi connectivity index (χ3v) is 4.74. The molecule has 0 atom stereocenters. The van der Waals surface area contributed by atoms with Gasteiger partial charge in [0.1, 0.15) is 0 Å². The number of benzene rings is 1. The topological polar surface area (TPSA) is 0 Å². The fourth-order valence-electron chi connectivity index (χ4n) is 1.52. The molecule has 1 aromatic carbocycles. The normalized spacial score (nSPS) is 9.86. The maximum absolute atomic E-state index is 3.59. The van der Waals surface area contributed by atoms with E-state index in [0.717, 1.165) is 0 Å². The average molecular weight is 265 g/mol. The molecular weight excluding hydrogens is 248 g/mol. The summed E-state index contributed by atoms with van der Waals surface area (Å²) in [7, 11) is 0. The fraction of sp³-hybridized carbons (Fsp3) is 0.500. The van der Waals surface area contributed by atoms with E-state index >= 15 is 0 Å². The highest BCUT2D eigenvalue weighted by molar-refractivity contribution is 9.23. The van der Waals surface area contributed by atoms with Crippen molar-refractivity contribution in [2.24, 2.45) is 0 Å². The zero-order valence-corrected chi connectivity index (χ0v) is 11.9. The monoisotopic (exact) mass is 264 g/mol. The van der Waals surface area contributed by atoms with Crippen LogP contribution < -0.4 is 0 Å². The molecule has 0 unspecified atom stereocenters. The highest BCUT2D eigenvalue weighted by Crippen LogP contribution is 2.09. The van der Waals surface area contributed by atoms with E-state index in [1.807, 2.05) is 0 Å². The summed E-state index contributed by atoms with van der Waals surface area (Å²) < 4.78 is 1.37. The van der Waals surface area contributed by atoms with Gasteiger partial charge in [-0.2, -0.15) is 0 Å². The molecule has 0 bridgehead atoms. The van der Waals surface area contributed by atoms with Crippen molar-refractivity contribution < 1.29 is 0 Å². The zero-order chi connectivity index (χ0) is 10.2. The average Bonchev–Trinajstić information content (AvgIpc) is 2.25. The molecule has 0 nitrogen and oxygen atoms in total. The SMILES string of the molecule is CCCCc1ccc(C[CH2][Mg][Br])cc1. The predicted octanol–water partition coefficient (Wildman–Crippen LogP) is 4.00. The molecule has 0 fully saturated rings. The van der Waals surface area contributed by atoms with Crippen LogP contribution in [0.15, 0.2) is 24.3 Å². The van der Waals surface area contributed by atoms with Crippen LogP contribution >= 0.6 is 12.9 Å². The molecule has 0 aliphatic heterocycles. The quantitative estimate of drug-likeness (QED) is 0.682. The van der Waals surface area contributed by atoms with Gasteiger partial charge in [-0.15, -0.1) is 4.55 Å². The summed E-state index contributed by atoms with van der Waals surface area (Å²) in [6, 6.07) is 9.17. The minimum absolute atomic E-state index is 0.0597. The Morgan fingerprint density at radius 2 is 1.64 bits per heavy atom.